The summed E-state index contributed by atoms with van der Waals surface area (Å²) in [6, 6.07) is 11.2. The first kappa shape index (κ1) is 24.4. The van der Waals surface area contributed by atoms with Gasteiger partial charge in [-0.2, -0.15) is 5.10 Å². The third-order valence-electron chi connectivity index (χ3n) is 6.93. The van der Waals surface area contributed by atoms with Crippen LogP contribution in [0.3, 0.4) is 0 Å². The number of H-pyrrole nitrogens is 1. The number of nitrogens with zero attached hydrogens (tertiary/aromatic N) is 4. The van der Waals surface area contributed by atoms with Crippen molar-refractivity contribution in [1.29, 1.82) is 0 Å². The van der Waals surface area contributed by atoms with Crippen LogP contribution in [0.25, 0.3) is 6.08 Å². The van der Waals surface area contributed by atoms with Crippen molar-refractivity contribution in [2.75, 3.05) is 13.1 Å². The zero-order valence-corrected chi connectivity index (χ0v) is 21.4. The van der Waals surface area contributed by atoms with Crippen LogP contribution in [-0.2, 0) is 12.8 Å². The Morgan fingerprint density at radius 3 is 2.68 bits per heavy atom. The molecule has 0 saturated carbocycles. The van der Waals surface area contributed by atoms with Crippen LogP contribution >= 0.6 is 0 Å². The highest BCUT2D eigenvalue weighted by atomic mass is 15.3. The van der Waals surface area contributed by atoms with Gasteiger partial charge in [0.1, 0.15) is 0 Å². The molecule has 2 atom stereocenters. The zero-order chi connectivity index (χ0) is 23.9. The van der Waals surface area contributed by atoms with Gasteiger partial charge in [-0.1, -0.05) is 63.6 Å². The summed E-state index contributed by atoms with van der Waals surface area (Å²) in [6.45, 7) is 11.0. The molecule has 5 heteroatoms. The molecule has 4 rings (SSSR count). The average Bonchev–Trinajstić information content (AvgIpc) is 3.46. The monoisotopic (exact) mass is 459 g/mol. The normalized spacial score (nSPS) is 21.3. The van der Waals surface area contributed by atoms with Gasteiger partial charge in [0.05, 0.1) is 11.7 Å². The fourth-order valence-electron chi connectivity index (χ4n) is 5.07. The van der Waals surface area contributed by atoms with E-state index < -0.39 is 0 Å². The second-order valence-corrected chi connectivity index (χ2v) is 10.4. The Morgan fingerprint density at radius 1 is 1.15 bits per heavy atom. The van der Waals surface area contributed by atoms with E-state index in [1.165, 1.54) is 29.7 Å². The van der Waals surface area contributed by atoms with Gasteiger partial charge < -0.3 is 4.90 Å². The summed E-state index contributed by atoms with van der Waals surface area (Å²) in [5.74, 6) is 2.08. The lowest BCUT2D eigenvalue weighted by molar-refractivity contribution is 0.465. The van der Waals surface area contributed by atoms with E-state index in [0.29, 0.717) is 11.8 Å². The molecule has 1 aromatic carbocycles. The summed E-state index contributed by atoms with van der Waals surface area (Å²) in [6.07, 6.45) is 12.2. The van der Waals surface area contributed by atoms with Crippen LogP contribution in [-0.4, -0.2) is 45.9 Å². The van der Waals surface area contributed by atoms with E-state index in [1.807, 2.05) is 0 Å². The number of aromatic nitrogens is 2. The Labute approximate surface area is 205 Å². The first-order chi connectivity index (χ1) is 16.5. The zero-order valence-electron chi connectivity index (χ0n) is 21.4. The van der Waals surface area contributed by atoms with Gasteiger partial charge in [-0.3, -0.25) is 5.10 Å². The molecule has 1 saturated heterocycles. The lowest BCUT2D eigenvalue weighted by Gasteiger charge is -2.20. The third-order valence-corrected chi connectivity index (χ3v) is 6.93. The number of aliphatic imine (C=N–C) groups is 2. The Bertz CT molecular complexity index is 1020. The van der Waals surface area contributed by atoms with E-state index >= 15 is 0 Å². The lowest BCUT2D eigenvalue weighted by Crippen LogP contribution is -2.28. The van der Waals surface area contributed by atoms with E-state index in [1.54, 1.807) is 0 Å². The highest BCUT2D eigenvalue weighted by Crippen LogP contribution is 2.26. The van der Waals surface area contributed by atoms with Gasteiger partial charge >= 0.3 is 0 Å². The molecule has 0 bridgehead atoms. The number of likely N-dealkylation sites (tertiary alicyclic amines) is 1. The number of hydrogen-bond donors (Lipinski definition) is 1. The molecule has 1 fully saturated rings. The molecule has 2 aliphatic heterocycles. The molecule has 0 radical (unpaired) electrons. The number of benzene rings is 1. The average molecular weight is 460 g/mol. The summed E-state index contributed by atoms with van der Waals surface area (Å²) in [7, 11) is 0. The Morgan fingerprint density at radius 2 is 1.97 bits per heavy atom. The van der Waals surface area contributed by atoms with Crippen LogP contribution in [0.15, 0.2) is 46.4 Å². The molecule has 1 aromatic heterocycles. The molecule has 3 heterocycles. The standard InChI is InChI=1S/C29H41N5/c1-5-25-20-26(12-13-27-18-22(4)32-33-27)30-29(34-15-6-7-16-34)31-28(25)14-11-23-9-8-10-24(19-23)17-21(2)3/h8-11,14,18-19,21,25,28H,5-7,12-13,15-17,20H2,1-4H3,(H,32,33). The lowest BCUT2D eigenvalue weighted by atomic mass is 9.89. The smallest absolute Gasteiger partial charge is 0.221 e. The van der Waals surface area contributed by atoms with Crippen molar-refractivity contribution in [3.8, 4) is 0 Å². The quantitative estimate of drug-likeness (QED) is 0.507. The highest BCUT2D eigenvalue weighted by Gasteiger charge is 2.26. The maximum absolute atomic E-state index is 5.25. The minimum atomic E-state index is 0.156. The van der Waals surface area contributed by atoms with Crippen LogP contribution in [0.4, 0.5) is 0 Å². The van der Waals surface area contributed by atoms with Crippen LogP contribution in [0, 0.1) is 18.8 Å². The SMILES string of the molecule is CCC1CC(CCc2cc(C)[nH]n2)=NC(N2CCCC2)=NC1C=Cc1cccc(CC(C)C)c1. The predicted octanol–water partition coefficient (Wildman–Crippen LogP) is 6.25. The summed E-state index contributed by atoms with van der Waals surface area (Å²) in [4.78, 5) is 12.8. The van der Waals surface area contributed by atoms with Crippen molar-refractivity contribution in [2.24, 2.45) is 21.8 Å². The Hall–Kier alpha value is -2.69. The first-order valence-electron chi connectivity index (χ1n) is 13.2. The van der Waals surface area contributed by atoms with E-state index in [2.05, 4.69) is 85.3 Å². The van der Waals surface area contributed by atoms with Gasteiger partial charge in [-0.05, 0) is 74.5 Å². The Kier molecular flexibility index (Phi) is 8.36. The molecule has 0 aliphatic carbocycles. The molecule has 0 amide bonds. The number of rotatable bonds is 8. The topological polar surface area (TPSA) is 56.6 Å². The molecule has 2 aromatic rings. The molecule has 5 nitrogen and oxygen atoms in total. The van der Waals surface area contributed by atoms with Crippen molar-refractivity contribution in [3.63, 3.8) is 0 Å². The van der Waals surface area contributed by atoms with Crippen molar-refractivity contribution in [1.82, 2.24) is 15.1 Å². The second-order valence-electron chi connectivity index (χ2n) is 10.4. The molecular weight excluding hydrogens is 418 g/mol. The molecule has 182 valence electrons. The fraction of sp³-hybridized carbons (Fsp3) is 0.552. The van der Waals surface area contributed by atoms with Crippen molar-refractivity contribution < 1.29 is 0 Å². The van der Waals surface area contributed by atoms with E-state index in [0.717, 1.165) is 62.5 Å². The maximum atomic E-state index is 5.25. The molecular formula is C29H41N5. The van der Waals surface area contributed by atoms with Crippen molar-refractivity contribution >= 4 is 17.7 Å². The number of hydrogen-bond acceptors (Lipinski definition) is 4. The van der Waals surface area contributed by atoms with Gasteiger partial charge in [0.25, 0.3) is 0 Å². The molecule has 2 aliphatic rings. The van der Waals surface area contributed by atoms with Gasteiger partial charge in [0.15, 0.2) is 0 Å². The van der Waals surface area contributed by atoms with Gasteiger partial charge in [-0.15, -0.1) is 0 Å². The van der Waals surface area contributed by atoms with Gasteiger partial charge in [-0.25, -0.2) is 9.98 Å². The van der Waals surface area contributed by atoms with Crippen LogP contribution < -0.4 is 0 Å². The summed E-state index contributed by atoms with van der Waals surface area (Å²) in [5, 5.41) is 7.49. The van der Waals surface area contributed by atoms with Gasteiger partial charge in [0, 0.05) is 24.5 Å². The minimum Gasteiger partial charge on any atom is -0.341 e. The number of nitrogens with one attached hydrogen (secondary N) is 1. The first-order valence-corrected chi connectivity index (χ1v) is 13.2. The molecule has 1 N–H and O–H groups in total. The third kappa shape index (κ3) is 6.68. The summed E-state index contributed by atoms with van der Waals surface area (Å²) in [5.41, 5.74) is 6.19. The van der Waals surface area contributed by atoms with Crippen LogP contribution in [0.5, 0.6) is 0 Å². The largest absolute Gasteiger partial charge is 0.341 e. The van der Waals surface area contributed by atoms with Crippen molar-refractivity contribution in [2.45, 2.75) is 78.7 Å². The molecule has 34 heavy (non-hydrogen) atoms. The molecule has 2 unspecified atom stereocenters. The number of guanidine groups is 1. The minimum absolute atomic E-state index is 0.156. The summed E-state index contributed by atoms with van der Waals surface area (Å²) >= 11 is 0. The van der Waals surface area contributed by atoms with Crippen LogP contribution in [0.2, 0.25) is 0 Å². The molecule has 0 spiro atoms. The fourth-order valence-corrected chi connectivity index (χ4v) is 5.07. The van der Waals surface area contributed by atoms with E-state index in [4.69, 9.17) is 9.98 Å². The van der Waals surface area contributed by atoms with Gasteiger partial charge in [0.2, 0.25) is 5.96 Å². The summed E-state index contributed by atoms with van der Waals surface area (Å²) < 4.78 is 0. The van der Waals surface area contributed by atoms with E-state index in [-0.39, 0.29) is 6.04 Å². The Balaban J connectivity index is 1.54. The van der Waals surface area contributed by atoms with E-state index in [9.17, 15) is 0 Å². The maximum Gasteiger partial charge on any atom is 0.221 e. The predicted molar refractivity (Wildman–Crippen MR) is 144 cm³/mol. The van der Waals surface area contributed by atoms with Crippen molar-refractivity contribution in [3.05, 3.63) is 58.9 Å². The number of aromatic amines is 1. The second kappa shape index (κ2) is 11.6. The van der Waals surface area contributed by atoms with Crippen LogP contribution in [0.1, 0.15) is 75.4 Å². The number of aryl methyl sites for hydroxylation is 2. The highest BCUT2D eigenvalue weighted by molar-refractivity contribution is 5.98.